The SMILES string of the molecule is CCC(=O)NC(CC(C)C)C(=O)NC(CC(C)C)C(=O)NC(C=O)CCCN=C(N)N.CCC(=O)NC(CC(C)C)C(=O)NC(CC(C)C)C(=O)NC(C=O)CCCN=C(N)N.O=S(=O)(O)O. The molecule has 24 nitrogen and oxygen atoms in total. The Balaban J connectivity index is -0.00000111. The Bertz CT molecular complexity index is 1570. The van der Waals surface area contributed by atoms with Crippen molar-refractivity contribution in [1.82, 2.24) is 31.9 Å². The molecule has 0 aliphatic rings. The number of nitrogens with zero attached hydrogens (tertiary/aromatic N) is 2. The fourth-order valence-corrected chi connectivity index (χ4v) is 5.90. The van der Waals surface area contributed by atoms with Crippen molar-refractivity contribution in [3.05, 3.63) is 0 Å². The molecule has 0 fully saturated rings. The van der Waals surface area contributed by atoms with Crippen molar-refractivity contribution in [2.45, 2.75) is 170 Å². The molecular weight excluding hydrogens is 897 g/mol. The van der Waals surface area contributed by atoms with E-state index < -0.39 is 70.3 Å². The fraction of sp³-hybridized carbons (Fsp3) is 0.762. The first-order valence-corrected chi connectivity index (χ1v) is 23.9. The normalized spacial score (nSPS) is 13.6. The number of aldehydes is 2. The van der Waals surface area contributed by atoms with Crippen molar-refractivity contribution < 1.29 is 55.9 Å². The average molecular weight is 979 g/mol. The standard InChI is InChI=1S/2C21H40N6O4.H2O4S/c2*1-6-18(29)26-16(10-13(2)3)20(31)27-17(11-14(4)5)19(30)25-15(12-28)8-7-9-24-21(22)23;1-5(2,3)4/h2*12-17H,6-11H2,1-5H3,(H,25,30)(H,26,29)(H,27,31)(H4,22,23,24);(H2,1,2,3,4). The van der Waals surface area contributed by atoms with Crippen molar-refractivity contribution in [2.24, 2.45) is 56.6 Å². The Labute approximate surface area is 396 Å². The second-order valence-corrected chi connectivity index (χ2v) is 18.3. The zero-order valence-corrected chi connectivity index (χ0v) is 41.8. The largest absolute Gasteiger partial charge is 0.394 e. The van der Waals surface area contributed by atoms with Gasteiger partial charge in [-0.1, -0.05) is 69.2 Å². The molecule has 0 aliphatic carbocycles. The lowest BCUT2D eigenvalue weighted by molar-refractivity contribution is -0.133. The van der Waals surface area contributed by atoms with Gasteiger partial charge in [-0.05, 0) is 75.0 Å². The van der Waals surface area contributed by atoms with Gasteiger partial charge in [0.25, 0.3) is 0 Å². The summed E-state index contributed by atoms with van der Waals surface area (Å²) in [5, 5.41) is 16.3. The van der Waals surface area contributed by atoms with Crippen LogP contribution < -0.4 is 54.8 Å². The summed E-state index contributed by atoms with van der Waals surface area (Å²) >= 11 is 0. The molecule has 0 saturated heterocycles. The van der Waals surface area contributed by atoms with Gasteiger partial charge in [-0.25, -0.2) is 0 Å². The summed E-state index contributed by atoms with van der Waals surface area (Å²) in [5.74, 6) is -1.61. The lowest BCUT2D eigenvalue weighted by Crippen LogP contribution is -2.55. The molecule has 25 heteroatoms. The van der Waals surface area contributed by atoms with Gasteiger partial charge in [0.05, 0.1) is 12.1 Å². The predicted octanol–water partition coefficient (Wildman–Crippen LogP) is -0.262. The van der Waals surface area contributed by atoms with Gasteiger partial charge >= 0.3 is 10.4 Å². The van der Waals surface area contributed by atoms with Crippen molar-refractivity contribution in [1.29, 1.82) is 0 Å². The summed E-state index contributed by atoms with van der Waals surface area (Å²) in [6.07, 6.45) is 5.32. The van der Waals surface area contributed by atoms with Crippen LogP contribution in [0.1, 0.15) is 133 Å². The molecule has 67 heavy (non-hydrogen) atoms. The maximum Gasteiger partial charge on any atom is 0.394 e. The highest BCUT2D eigenvalue weighted by atomic mass is 32.3. The van der Waals surface area contributed by atoms with Gasteiger partial charge < -0.3 is 64.4 Å². The minimum Gasteiger partial charge on any atom is -0.370 e. The van der Waals surface area contributed by atoms with Crippen LogP contribution in [-0.2, 0) is 48.8 Å². The van der Waals surface area contributed by atoms with Crippen molar-refractivity contribution in [3.8, 4) is 0 Å². The zero-order valence-electron chi connectivity index (χ0n) is 41.0. The lowest BCUT2D eigenvalue weighted by atomic mass is 9.99. The summed E-state index contributed by atoms with van der Waals surface area (Å²) in [5.41, 5.74) is 21.1. The number of hydrogen-bond acceptors (Lipinski definition) is 12. The number of nitrogens with one attached hydrogen (secondary N) is 6. The fourth-order valence-electron chi connectivity index (χ4n) is 5.90. The van der Waals surface area contributed by atoms with E-state index in [1.807, 2.05) is 55.4 Å². The number of nitrogens with two attached hydrogens (primary N) is 4. The van der Waals surface area contributed by atoms with Gasteiger partial charge in [-0.2, -0.15) is 8.42 Å². The minimum atomic E-state index is -4.67. The van der Waals surface area contributed by atoms with E-state index in [2.05, 4.69) is 41.9 Å². The number of guanidine groups is 2. The molecule has 0 rings (SSSR count). The third kappa shape index (κ3) is 39.5. The topological polar surface area (TPSA) is 412 Å². The number of carbonyl (C=O) groups is 8. The summed E-state index contributed by atoms with van der Waals surface area (Å²) in [6.45, 7) is 19.7. The summed E-state index contributed by atoms with van der Waals surface area (Å²) in [7, 11) is -4.67. The van der Waals surface area contributed by atoms with Crippen LogP contribution in [0.25, 0.3) is 0 Å². The van der Waals surface area contributed by atoms with Crippen LogP contribution in [0.5, 0.6) is 0 Å². The van der Waals surface area contributed by atoms with E-state index in [-0.39, 0.29) is 60.2 Å². The first kappa shape index (κ1) is 65.8. The molecule has 16 N–H and O–H groups in total. The Morgan fingerprint density at radius 2 is 0.731 bits per heavy atom. The van der Waals surface area contributed by atoms with Crippen LogP contribution in [0.3, 0.4) is 0 Å². The molecule has 0 aliphatic heterocycles. The van der Waals surface area contributed by atoms with E-state index in [0.29, 0.717) is 77.0 Å². The second kappa shape index (κ2) is 36.7. The molecule has 0 aromatic carbocycles. The number of carbonyl (C=O) groups excluding carboxylic acids is 8. The number of aliphatic imine (C=N–C) groups is 2. The van der Waals surface area contributed by atoms with Crippen LogP contribution in [0.2, 0.25) is 0 Å². The van der Waals surface area contributed by atoms with Crippen molar-refractivity contribution in [3.63, 3.8) is 0 Å². The predicted molar refractivity (Wildman–Crippen MR) is 256 cm³/mol. The van der Waals surface area contributed by atoms with E-state index in [4.69, 9.17) is 40.5 Å². The molecule has 6 amide bonds. The van der Waals surface area contributed by atoms with E-state index in [1.165, 1.54) is 0 Å². The van der Waals surface area contributed by atoms with Gasteiger partial charge in [-0.3, -0.25) is 47.9 Å². The number of rotatable bonds is 30. The van der Waals surface area contributed by atoms with Gasteiger partial charge in [0.1, 0.15) is 36.7 Å². The Hall–Kier alpha value is -5.43. The zero-order chi connectivity index (χ0) is 52.4. The molecule has 0 spiro atoms. The Morgan fingerprint density at radius 3 is 0.940 bits per heavy atom. The summed E-state index contributed by atoms with van der Waals surface area (Å²) in [4.78, 5) is 105. The highest BCUT2D eigenvalue weighted by Gasteiger charge is 2.30. The van der Waals surface area contributed by atoms with Crippen molar-refractivity contribution in [2.75, 3.05) is 13.1 Å². The lowest BCUT2D eigenvalue weighted by Gasteiger charge is -2.26. The summed E-state index contributed by atoms with van der Waals surface area (Å²) in [6, 6.07) is -4.51. The van der Waals surface area contributed by atoms with E-state index in [0.717, 1.165) is 0 Å². The molecule has 0 heterocycles. The van der Waals surface area contributed by atoms with E-state index in [1.54, 1.807) is 13.8 Å². The molecule has 0 bridgehead atoms. The monoisotopic (exact) mass is 979 g/mol. The Kier molecular flexibility index (Phi) is 36.0. The molecule has 0 aromatic rings. The molecule has 0 radical (unpaired) electrons. The van der Waals surface area contributed by atoms with Crippen LogP contribution in [0.15, 0.2) is 9.98 Å². The molecule has 6 unspecified atom stereocenters. The molecule has 388 valence electrons. The molecular formula is C42H82N12O12S. The maximum absolute atomic E-state index is 12.8. The van der Waals surface area contributed by atoms with E-state index >= 15 is 0 Å². The minimum absolute atomic E-state index is 0.0301. The summed E-state index contributed by atoms with van der Waals surface area (Å²) < 4.78 is 31.6. The number of amides is 6. The smallest absolute Gasteiger partial charge is 0.370 e. The van der Waals surface area contributed by atoms with Crippen LogP contribution in [0.4, 0.5) is 0 Å². The van der Waals surface area contributed by atoms with Crippen LogP contribution in [0, 0.1) is 23.7 Å². The molecule has 6 atom stereocenters. The van der Waals surface area contributed by atoms with Gasteiger partial charge in [0.15, 0.2) is 11.9 Å². The third-order valence-corrected chi connectivity index (χ3v) is 8.96. The molecule has 0 saturated carbocycles. The first-order valence-electron chi connectivity index (χ1n) is 22.5. The Morgan fingerprint density at radius 1 is 0.493 bits per heavy atom. The highest BCUT2D eigenvalue weighted by Crippen LogP contribution is 2.12. The molecule has 0 aromatic heterocycles. The maximum atomic E-state index is 12.8. The van der Waals surface area contributed by atoms with Crippen LogP contribution >= 0.6 is 0 Å². The second-order valence-electron chi connectivity index (χ2n) is 17.4. The number of hydrogen-bond donors (Lipinski definition) is 12. The first-order chi connectivity index (χ1) is 31.0. The van der Waals surface area contributed by atoms with E-state index in [9.17, 15) is 38.4 Å². The van der Waals surface area contributed by atoms with Gasteiger partial charge in [0.2, 0.25) is 35.4 Å². The van der Waals surface area contributed by atoms with Crippen LogP contribution in [-0.4, -0.2) is 127 Å². The average Bonchev–Trinajstić information content (AvgIpc) is 3.20. The van der Waals surface area contributed by atoms with Crippen molar-refractivity contribution >= 4 is 70.3 Å². The van der Waals surface area contributed by atoms with Gasteiger partial charge in [-0.15, -0.1) is 0 Å². The highest BCUT2D eigenvalue weighted by molar-refractivity contribution is 7.79. The third-order valence-electron chi connectivity index (χ3n) is 8.96. The van der Waals surface area contributed by atoms with Gasteiger partial charge in [0, 0.05) is 25.9 Å². The quantitative estimate of drug-likeness (QED) is 0.0145.